The first kappa shape index (κ1) is 22.5. The number of nitrogens with two attached hydrogens (primary N) is 1. The Balaban J connectivity index is 1.38. The van der Waals surface area contributed by atoms with Crippen LogP contribution >= 0.6 is 0 Å². The minimum absolute atomic E-state index is 0.218. The Morgan fingerprint density at radius 3 is 2.00 bits per heavy atom. The molecule has 7 heteroatoms. The fourth-order valence-electron chi connectivity index (χ4n) is 4.44. The molecule has 1 fully saturated rings. The Bertz CT molecular complexity index is 1030. The SMILES string of the molecule is Cc1nc(C(N)O)nn1-c1ccc(Cc2ccc(N3CCC(C(C)(C)O)CC3)cc2)cc1. The second kappa shape index (κ2) is 9.02. The molecule has 1 atom stereocenters. The van der Waals surface area contributed by atoms with Crippen molar-refractivity contribution in [1.29, 1.82) is 0 Å². The van der Waals surface area contributed by atoms with Gasteiger partial charge in [0.1, 0.15) is 5.82 Å². The number of hydrogen-bond donors (Lipinski definition) is 3. The van der Waals surface area contributed by atoms with Gasteiger partial charge in [0.2, 0.25) is 0 Å². The van der Waals surface area contributed by atoms with Crippen LogP contribution in [0.4, 0.5) is 5.69 Å². The smallest absolute Gasteiger partial charge is 0.194 e. The molecule has 4 N–H and O–H groups in total. The summed E-state index contributed by atoms with van der Waals surface area (Å²) in [5, 5.41) is 24.0. The predicted octanol–water partition coefficient (Wildman–Crippen LogP) is 3.10. The molecular formula is C25H33N5O2. The van der Waals surface area contributed by atoms with Crippen LogP contribution in [0.1, 0.15) is 55.7 Å². The molecule has 3 aromatic rings. The number of aliphatic hydroxyl groups excluding tert-OH is 1. The van der Waals surface area contributed by atoms with E-state index in [0.29, 0.717) is 11.7 Å². The van der Waals surface area contributed by atoms with Gasteiger partial charge in [-0.2, -0.15) is 0 Å². The Morgan fingerprint density at radius 2 is 1.53 bits per heavy atom. The van der Waals surface area contributed by atoms with Gasteiger partial charge in [0, 0.05) is 18.8 Å². The Hall–Kier alpha value is -2.74. The zero-order valence-electron chi connectivity index (χ0n) is 19.1. The van der Waals surface area contributed by atoms with Crippen LogP contribution in [-0.4, -0.2) is 43.7 Å². The van der Waals surface area contributed by atoms with Crippen molar-refractivity contribution in [2.24, 2.45) is 11.7 Å². The summed E-state index contributed by atoms with van der Waals surface area (Å²) in [7, 11) is 0. The Morgan fingerprint density at radius 1 is 1.00 bits per heavy atom. The van der Waals surface area contributed by atoms with E-state index in [4.69, 9.17) is 5.73 Å². The number of aromatic nitrogens is 3. The molecule has 2 aromatic carbocycles. The maximum absolute atomic E-state index is 10.3. The van der Waals surface area contributed by atoms with Gasteiger partial charge in [0.15, 0.2) is 12.1 Å². The third-order valence-electron chi connectivity index (χ3n) is 6.43. The van der Waals surface area contributed by atoms with E-state index in [0.717, 1.165) is 38.0 Å². The molecule has 32 heavy (non-hydrogen) atoms. The molecular weight excluding hydrogens is 402 g/mol. The summed E-state index contributed by atoms with van der Waals surface area (Å²) in [6.45, 7) is 7.65. The highest BCUT2D eigenvalue weighted by atomic mass is 16.3. The first-order valence-electron chi connectivity index (χ1n) is 11.2. The zero-order valence-corrected chi connectivity index (χ0v) is 19.1. The number of anilines is 1. The van der Waals surface area contributed by atoms with Crippen LogP contribution in [0.15, 0.2) is 48.5 Å². The van der Waals surface area contributed by atoms with E-state index in [1.165, 1.54) is 16.8 Å². The number of hydrogen-bond acceptors (Lipinski definition) is 6. The van der Waals surface area contributed by atoms with Crippen LogP contribution in [0.25, 0.3) is 5.69 Å². The van der Waals surface area contributed by atoms with Crippen molar-refractivity contribution in [1.82, 2.24) is 14.8 Å². The number of aryl methyl sites for hydroxylation is 1. The molecule has 7 nitrogen and oxygen atoms in total. The van der Waals surface area contributed by atoms with Crippen LogP contribution in [0.5, 0.6) is 0 Å². The standard InChI is InChI=1S/C25H33N5O2/c1-17-27-24(23(26)31)28-30(17)22-10-6-19(7-11-22)16-18-4-8-21(9-5-18)29-14-12-20(13-15-29)25(2,3)32/h4-11,20,23,31-32H,12-16,26H2,1-3H3. The highest BCUT2D eigenvalue weighted by Crippen LogP contribution is 2.30. The molecule has 1 unspecified atom stereocenters. The van der Waals surface area contributed by atoms with Crippen LogP contribution in [-0.2, 0) is 6.42 Å². The van der Waals surface area contributed by atoms with E-state index in [1.54, 1.807) is 4.68 Å². The Labute approximate surface area is 189 Å². The van der Waals surface area contributed by atoms with E-state index in [9.17, 15) is 10.2 Å². The van der Waals surface area contributed by atoms with Crippen molar-refractivity contribution in [3.8, 4) is 5.69 Å². The molecule has 4 rings (SSSR count). The van der Waals surface area contributed by atoms with Crippen LogP contribution < -0.4 is 10.6 Å². The Kier molecular flexibility index (Phi) is 6.33. The number of aliphatic hydroxyl groups is 2. The molecule has 1 aromatic heterocycles. The minimum Gasteiger partial charge on any atom is -0.390 e. The van der Waals surface area contributed by atoms with E-state index < -0.39 is 11.8 Å². The molecule has 1 aliphatic rings. The third-order valence-corrected chi connectivity index (χ3v) is 6.43. The fourth-order valence-corrected chi connectivity index (χ4v) is 4.44. The third kappa shape index (κ3) is 5.01. The molecule has 0 saturated carbocycles. The van der Waals surface area contributed by atoms with E-state index in [1.807, 2.05) is 32.9 Å². The molecule has 0 amide bonds. The molecule has 0 bridgehead atoms. The molecule has 0 radical (unpaired) electrons. The average Bonchev–Trinajstić information content (AvgIpc) is 3.16. The fraction of sp³-hybridized carbons (Fsp3) is 0.440. The van der Waals surface area contributed by atoms with E-state index in [-0.39, 0.29) is 5.82 Å². The first-order valence-corrected chi connectivity index (χ1v) is 11.2. The first-order chi connectivity index (χ1) is 15.2. The van der Waals surface area contributed by atoms with Gasteiger partial charge in [0.25, 0.3) is 0 Å². The summed E-state index contributed by atoms with van der Waals surface area (Å²) < 4.78 is 1.69. The topological polar surface area (TPSA) is 100 Å². The van der Waals surface area contributed by atoms with Crippen molar-refractivity contribution < 1.29 is 10.2 Å². The number of piperidine rings is 1. The van der Waals surface area contributed by atoms with Crippen LogP contribution in [0.2, 0.25) is 0 Å². The molecule has 170 valence electrons. The normalized spacial score (nSPS) is 16.4. The molecule has 1 saturated heterocycles. The lowest BCUT2D eigenvalue weighted by molar-refractivity contribution is 0.00651. The summed E-state index contributed by atoms with van der Waals surface area (Å²) >= 11 is 0. The van der Waals surface area contributed by atoms with Crippen molar-refractivity contribution in [3.05, 3.63) is 71.3 Å². The molecule has 0 spiro atoms. The monoisotopic (exact) mass is 435 g/mol. The number of rotatable bonds is 6. The second-order valence-electron chi connectivity index (χ2n) is 9.30. The van der Waals surface area contributed by atoms with Crippen molar-refractivity contribution >= 4 is 5.69 Å². The van der Waals surface area contributed by atoms with Crippen LogP contribution in [0, 0.1) is 12.8 Å². The summed E-state index contributed by atoms with van der Waals surface area (Å²) in [6, 6.07) is 17.0. The quantitative estimate of drug-likeness (QED) is 0.515. The zero-order chi connectivity index (χ0) is 22.9. The van der Waals surface area contributed by atoms with Gasteiger partial charge in [-0.1, -0.05) is 24.3 Å². The molecule has 2 heterocycles. The largest absolute Gasteiger partial charge is 0.390 e. The van der Waals surface area contributed by atoms with Gasteiger partial charge >= 0.3 is 0 Å². The lowest BCUT2D eigenvalue weighted by Gasteiger charge is -2.38. The maximum atomic E-state index is 10.3. The van der Waals surface area contributed by atoms with Gasteiger partial charge < -0.3 is 15.1 Å². The summed E-state index contributed by atoms with van der Waals surface area (Å²) in [5.41, 5.74) is 9.49. The minimum atomic E-state index is -1.18. The van der Waals surface area contributed by atoms with Gasteiger partial charge in [-0.15, -0.1) is 5.10 Å². The molecule has 0 aliphatic carbocycles. The maximum Gasteiger partial charge on any atom is 0.194 e. The highest BCUT2D eigenvalue weighted by molar-refractivity contribution is 5.49. The lowest BCUT2D eigenvalue weighted by Crippen LogP contribution is -2.41. The average molecular weight is 436 g/mol. The second-order valence-corrected chi connectivity index (χ2v) is 9.30. The summed E-state index contributed by atoms with van der Waals surface area (Å²) in [5.74, 6) is 1.27. The molecule has 1 aliphatic heterocycles. The van der Waals surface area contributed by atoms with Crippen LogP contribution in [0.3, 0.4) is 0 Å². The summed E-state index contributed by atoms with van der Waals surface area (Å²) in [6.07, 6.45) is 1.72. The van der Waals surface area contributed by atoms with Gasteiger partial charge in [0.05, 0.1) is 11.3 Å². The summed E-state index contributed by atoms with van der Waals surface area (Å²) in [4.78, 5) is 6.61. The van der Waals surface area contributed by atoms with Crippen molar-refractivity contribution in [2.45, 2.75) is 51.9 Å². The van der Waals surface area contributed by atoms with Gasteiger partial charge in [-0.25, -0.2) is 9.67 Å². The van der Waals surface area contributed by atoms with E-state index >= 15 is 0 Å². The predicted molar refractivity (Wildman–Crippen MR) is 126 cm³/mol. The number of nitrogens with zero attached hydrogens (tertiary/aromatic N) is 4. The van der Waals surface area contributed by atoms with E-state index in [2.05, 4.69) is 51.4 Å². The number of benzene rings is 2. The van der Waals surface area contributed by atoms with Crippen molar-refractivity contribution in [3.63, 3.8) is 0 Å². The highest BCUT2D eigenvalue weighted by Gasteiger charge is 2.30. The lowest BCUT2D eigenvalue weighted by atomic mass is 9.83. The van der Waals surface area contributed by atoms with Crippen molar-refractivity contribution in [2.75, 3.05) is 18.0 Å². The van der Waals surface area contributed by atoms with Gasteiger partial charge in [-0.05, 0) is 81.3 Å². The van der Waals surface area contributed by atoms with Gasteiger partial charge in [-0.3, -0.25) is 5.73 Å².